The Morgan fingerprint density at radius 2 is 1.60 bits per heavy atom. The van der Waals surface area contributed by atoms with Gasteiger partial charge in [-0.1, -0.05) is 30.3 Å². The lowest BCUT2D eigenvalue weighted by Crippen LogP contribution is -2.46. The van der Waals surface area contributed by atoms with Crippen molar-refractivity contribution in [3.05, 3.63) is 35.9 Å². The zero-order chi connectivity index (χ0) is 17.4. The Hall–Kier alpha value is -1.84. The third-order valence-electron chi connectivity index (χ3n) is 6.78. The van der Waals surface area contributed by atoms with E-state index in [4.69, 9.17) is 0 Å². The zero-order valence-corrected chi connectivity index (χ0v) is 14.6. The molecule has 1 aliphatic heterocycles. The highest BCUT2D eigenvalue weighted by molar-refractivity contribution is 5.86. The SMILES string of the molecule is O=C(O)[C@H]1[C@H]2CC[C@@H](C2)[C@H]1C(=O)N1CCC(Cc2ccccc2)CC1. The van der Waals surface area contributed by atoms with Gasteiger partial charge in [0.2, 0.25) is 5.91 Å². The average molecular weight is 341 g/mol. The normalized spacial score (nSPS) is 32.1. The summed E-state index contributed by atoms with van der Waals surface area (Å²) in [6.45, 7) is 1.58. The van der Waals surface area contributed by atoms with Crippen LogP contribution in [0.2, 0.25) is 0 Å². The number of likely N-dealkylation sites (tertiary alicyclic amines) is 1. The first kappa shape index (κ1) is 16.6. The number of carboxylic acids is 1. The Kier molecular flexibility index (Phi) is 4.53. The van der Waals surface area contributed by atoms with Gasteiger partial charge >= 0.3 is 5.97 Å². The second kappa shape index (κ2) is 6.81. The van der Waals surface area contributed by atoms with Crippen molar-refractivity contribution in [2.45, 2.75) is 38.5 Å². The van der Waals surface area contributed by atoms with Crippen molar-refractivity contribution in [2.24, 2.45) is 29.6 Å². The molecule has 1 saturated heterocycles. The summed E-state index contributed by atoms with van der Waals surface area (Å²) in [6, 6.07) is 10.5. The van der Waals surface area contributed by atoms with Crippen molar-refractivity contribution in [2.75, 3.05) is 13.1 Å². The number of rotatable bonds is 4. The van der Waals surface area contributed by atoms with Crippen LogP contribution in [-0.2, 0) is 16.0 Å². The minimum Gasteiger partial charge on any atom is -0.481 e. The van der Waals surface area contributed by atoms with Crippen molar-refractivity contribution >= 4 is 11.9 Å². The van der Waals surface area contributed by atoms with Crippen LogP contribution in [0, 0.1) is 29.6 Å². The molecular weight excluding hydrogens is 314 g/mol. The van der Waals surface area contributed by atoms with Gasteiger partial charge in [0.05, 0.1) is 11.8 Å². The summed E-state index contributed by atoms with van der Waals surface area (Å²) >= 11 is 0. The van der Waals surface area contributed by atoms with Crippen molar-refractivity contribution in [1.29, 1.82) is 0 Å². The largest absolute Gasteiger partial charge is 0.481 e. The van der Waals surface area contributed by atoms with Crippen LogP contribution >= 0.6 is 0 Å². The van der Waals surface area contributed by atoms with Crippen molar-refractivity contribution in [3.8, 4) is 0 Å². The number of hydrogen-bond donors (Lipinski definition) is 1. The first-order valence-corrected chi connectivity index (χ1v) is 9.69. The van der Waals surface area contributed by atoms with E-state index in [2.05, 4.69) is 24.3 Å². The highest BCUT2D eigenvalue weighted by atomic mass is 16.4. The van der Waals surface area contributed by atoms with E-state index in [0.29, 0.717) is 11.8 Å². The molecule has 3 fully saturated rings. The number of carboxylic acid groups (broad SMARTS) is 1. The van der Waals surface area contributed by atoms with Gasteiger partial charge < -0.3 is 10.0 Å². The standard InChI is InChI=1S/C21H27NO3/c23-20(18-16-6-7-17(13-16)19(18)21(24)25)22-10-8-15(9-11-22)12-14-4-2-1-3-5-14/h1-5,15-19H,6-13H2,(H,24,25)/t16-,17-,18+,19-/m0/s1. The molecule has 1 N–H and O–H groups in total. The molecule has 134 valence electrons. The fourth-order valence-corrected chi connectivity index (χ4v) is 5.52. The molecule has 1 aromatic rings. The van der Waals surface area contributed by atoms with Crippen LogP contribution in [-0.4, -0.2) is 35.0 Å². The van der Waals surface area contributed by atoms with Crippen LogP contribution in [0.5, 0.6) is 0 Å². The average Bonchev–Trinajstić information content (AvgIpc) is 3.24. The monoisotopic (exact) mass is 341 g/mol. The first-order valence-electron chi connectivity index (χ1n) is 9.69. The van der Waals surface area contributed by atoms with Gasteiger partial charge in [-0.2, -0.15) is 0 Å². The molecule has 2 bridgehead atoms. The number of nitrogens with zero attached hydrogens (tertiary/aromatic N) is 1. The second-order valence-corrected chi connectivity index (χ2v) is 8.18. The van der Waals surface area contributed by atoms with E-state index in [0.717, 1.165) is 51.6 Å². The van der Waals surface area contributed by atoms with Crippen molar-refractivity contribution in [1.82, 2.24) is 4.90 Å². The molecule has 1 aromatic carbocycles. The highest BCUT2D eigenvalue weighted by Crippen LogP contribution is 2.53. The minimum absolute atomic E-state index is 0.123. The van der Waals surface area contributed by atoms with E-state index in [1.54, 1.807) is 0 Å². The lowest BCUT2D eigenvalue weighted by atomic mass is 9.78. The molecule has 3 aliphatic rings. The number of amides is 1. The lowest BCUT2D eigenvalue weighted by molar-refractivity contribution is -0.153. The molecule has 1 amide bonds. The number of carbonyl (C=O) groups excluding carboxylic acids is 1. The molecule has 4 heteroatoms. The molecule has 0 aromatic heterocycles. The third kappa shape index (κ3) is 3.19. The molecule has 0 radical (unpaired) electrons. The minimum atomic E-state index is -0.760. The van der Waals surface area contributed by atoms with Gasteiger partial charge in [0.15, 0.2) is 0 Å². The van der Waals surface area contributed by atoms with Gasteiger partial charge in [-0.15, -0.1) is 0 Å². The Morgan fingerprint density at radius 1 is 0.960 bits per heavy atom. The van der Waals surface area contributed by atoms with E-state index >= 15 is 0 Å². The Bertz CT molecular complexity index is 636. The van der Waals surface area contributed by atoms with Gasteiger partial charge in [0, 0.05) is 13.1 Å². The van der Waals surface area contributed by atoms with E-state index in [1.165, 1.54) is 5.56 Å². The molecule has 4 nitrogen and oxygen atoms in total. The van der Waals surface area contributed by atoms with E-state index in [9.17, 15) is 14.7 Å². The Labute approximate surface area is 149 Å². The molecular formula is C21H27NO3. The molecule has 4 rings (SSSR count). The van der Waals surface area contributed by atoms with Gasteiger partial charge in [0.1, 0.15) is 0 Å². The fourth-order valence-electron chi connectivity index (χ4n) is 5.52. The summed E-state index contributed by atoms with van der Waals surface area (Å²) in [5.74, 6) is -0.174. The van der Waals surface area contributed by atoms with Crippen molar-refractivity contribution in [3.63, 3.8) is 0 Å². The van der Waals surface area contributed by atoms with Crippen LogP contribution in [0.4, 0.5) is 0 Å². The number of aliphatic carboxylic acids is 1. The first-order chi connectivity index (χ1) is 12.1. The number of benzene rings is 1. The molecule has 2 saturated carbocycles. The van der Waals surface area contributed by atoms with Crippen LogP contribution in [0.25, 0.3) is 0 Å². The van der Waals surface area contributed by atoms with Crippen molar-refractivity contribution < 1.29 is 14.7 Å². The van der Waals surface area contributed by atoms with Gasteiger partial charge in [0.25, 0.3) is 0 Å². The topological polar surface area (TPSA) is 57.6 Å². The molecule has 0 spiro atoms. The van der Waals surface area contributed by atoms with Gasteiger partial charge in [-0.3, -0.25) is 9.59 Å². The number of hydrogen-bond acceptors (Lipinski definition) is 2. The summed E-state index contributed by atoms with van der Waals surface area (Å²) in [5.41, 5.74) is 1.37. The highest BCUT2D eigenvalue weighted by Gasteiger charge is 2.54. The Morgan fingerprint density at radius 3 is 2.24 bits per heavy atom. The van der Waals surface area contributed by atoms with E-state index in [1.807, 2.05) is 11.0 Å². The predicted octanol–water partition coefficient (Wildman–Crippen LogP) is 3.21. The van der Waals surface area contributed by atoms with E-state index in [-0.39, 0.29) is 17.7 Å². The summed E-state index contributed by atoms with van der Waals surface area (Å²) < 4.78 is 0. The smallest absolute Gasteiger partial charge is 0.307 e. The maximum atomic E-state index is 13.0. The van der Waals surface area contributed by atoms with Gasteiger partial charge in [-0.05, 0) is 61.8 Å². The van der Waals surface area contributed by atoms with Crippen LogP contribution in [0.3, 0.4) is 0 Å². The van der Waals surface area contributed by atoms with Crippen LogP contribution in [0.1, 0.15) is 37.7 Å². The predicted molar refractivity (Wildman–Crippen MR) is 94.9 cm³/mol. The van der Waals surface area contributed by atoms with E-state index < -0.39 is 11.9 Å². The summed E-state index contributed by atoms with van der Waals surface area (Å²) in [5, 5.41) is 9.59. The number of piperidine rings is 1. The molecule has 25 heavy (non-hydrogen) atoms. The van der Waals surface area contributed by atoms with Crippen LogP contribution in [0.15, 0.2) is 30.3 Å². The molecule has 4 atom stereocenters. The summed E-state index contributed by atoms with van der Waals surface area (Å²) in [4.78, 5) is 26.7. The number of carbonyl (C=O) groups is 2. The summed E-state index contributed by atoms with van der Waals surface area (Å²) in [7, 11) is 0. The third-order valence-corrected chi connectivity index (χ3v) is 6.78. The quantitative estimate of drug-likeness (QED) is 0.915. The number of fused-ring (bicyclic) bond motifs is 2. The fraction of sp³-hybridized carbons (Fsp3) is 0.619. The Balaban J connectivity index is 1.36. The maximum Gasteiger partial charge on any atom is 0.307 e. The zero-order valence-electron chi connectivity index (χ0n) is 14.6. The molecule has 0 unspecified atom stereocenters. The summed E-state index contributed by atoms with van der Waals surface area (Å²) in [6.07, 6.45) is 6.10. The van der Waals surface area contributed by atoms with Gasteiger partial charge in [-0.25, -0.2) is 0 Å². The molecule has 2 aliphatic carbocycles. The second-order valence-electron chi connectivity index (χ2n) is 8.18. The lowest BCUT2D eigenvalue weighted by Gasteiger charge is -2.37. The maximum absolute atomic E-state index is 13.0. The molecule has 1 heterocycles. The van der Waals surface area contributed by atoms with Crippen LogP contribution < -0.4 is 0 Å².